The van der Waals surface area contributed by atoms with Crippen LogP contribution < -0.4 is 0 Å². The molecule has 0 aromatic heterocycles. The summed E-state index contributed by atoms with van der Waals surface area (Å²) in [6.07, 6.45) is 2.14. The van der Waals surface area contributed by atoms with Gasteiger partial charge in [0.2, 0.25) is 0 Å². The average molecular weight is 288 g/mol. The van der Waals surface area contributed by atoms with Crippen molar-refractivity contribution in [3.8, 4) is 5.75 Å². The van der Waals surface area contributed by atoms with Crippen molar-refractivity contribution >= 4 is 0 Å². The molecule has 0 saturated carbocycles. The molecule has 1 aliphatic carbocycles. The Hall–Kier alpha value is -1.32. The highest BCUT2D eigenvalue weighted by molar-refractivity contribution is 5.37. The number of phenolic OH excluding ortho intramolecular Hbond substituents is 1. The van der Waals surface area contributed by atoms with E-state index in [1.54, 1.807) is 6.07 Å². The lowest BCUT2D eigenvalue weighted by atomic mass is 9.56. The largest absolute Gasteiger partial charge is 0.508 e. The van der Waals surface area contributed by atoms with E-state index in [2.05, 4.69) is 26.8 Å². The second kappa shape index (κ2) is 5.15. The average Bonchev–Trinajstić information content (AvgIpc) is 2.46. The number of benzene rings is 1. The number of aliphatic hydroxyl groups is 1. The Kier molecular flexibility index (Phi) is 3.58. The maximum absolute atomic E-state index is 10.2. The molecule has 2 bridgehead atoms. The molecule has 0 spiro atoms. The third-order valence-corrected chi connectivity index (χ3v) is 5.79. The molecule has 1 aliphatic heterocycles. The molecule has 1 aromatic rings. The Balaban J connectivity index is 2.06. The van der Waals surface area contributed by atoms with Crippen LogP contribution in [0.4, 0.5) is 0 Å². The maximum Gasteiger partial charge on any atom is 0.121 e. The fourth-order valence-electron chi connectivity index (χ4n) is 4.30. The second-order valence-corrected chi connectivity index (χ2v) is 6.70. The van der Waals surface area contributed by atoms with Gasteiger partial charge in [-0.2, -0.15) is 0 Å². The summed E-state index contributed by atoms with van der Waals surface area (Å²) in [6, 6.07) is 7.40. The first-order valence-corrected chi connectivity index (χ1v) is 7.70. The van der Waals surface area contributed by atoms with E-state index in [-0.39, 0.29) is 29.8 Å². The summed E-state index contributed by atoms with van der Waals surface area (Å²) in [6.45, 7) is 7.19. The Morgan fingerprint density at radius 2 is 2.00 bits per heavy atom. The van der Waals surface area contributed by atoms with Gasteiger partial charge in [0.05, 0.1) is 19.3 Å². The Bertz CT molecular complexity index is 565. The first-order chi connectivity index (χ1) is 10.0. The van der Waals surface area contributed by atoms with Crippen LogP contribution in [-0.2, 0) is 4.74 Å². The van der Waals surface area contributed by atoms with Crippen LogP contribution in [0, 0.1) is 23.2 Å². The number of para-hydroxylation sites is 1. The number of rotatable bonds is 2. The van der Waals surface area contributed by atoms with E-state index >= 15 is 0 Å². The van der Waals surface area contributed by atoms with Gasteiger partial charge in [0.25, 0.3) is 0 Å². The van der Waals surface area contributed by atoms with Gasteiger partial charge >= 0.3 is 0 Å². The molecule has 1 aromatic carbocycles. The number of fused-ring (bicyclic) bond motifs is 2. The lowest BCUT2D eigenvalue weighted by Crippen LogP contribution is -2.53. The lowest BCUT2D eigenvalue weighted by molar-refractivity contribution is -0.165. The van der Waals surface area contributed by atoms with Crippen LogP contribution in [0.15, 0.2) is 35.9 Å². The molecule has 3 heteroatoms. The van der Waals surface area contributed by atoms with Gasteiger partial charge in [0.1, 0.15) is 5.75 Å². The van der Waals surface area contributed by atoms with Crippen LogP contribution in [0.3, 0.4) is 0 Å². The summed E-state index contributed by atoms with van der Waals surface area (Å²) in [5.74, 6) is 1.12. The van der Waals surface area contributed by atoms with Crippen molar-refractivity contribution in [1.82, 2.24) is 0 Å². The zero-order chi connectivity index (χ0) is 15.2. The minimum Gasteiger partial charge on any atom is -0.508 e. The van der Waals surface area contributed by atoms with E-state index in [0.717, 1.165) is 5.56 Å². The normalized spacial score (nSPS) is 39.0. The summed E-state index contributed by atoms with van der Waals surface area (Å²) in [7, 11) is 0. The first-order valence-electron chi connectivity index (χ1n) is 7.70. The number of aliphatic hydroxyl groups excluding tert-OH is 1. The molecule has 3 nitrogen and oxygen atoms in total. The van der Waals surface area contributed by atoms with Crippen LogP contribution >= 0.6 is 0 Å². The molecule has 3 rings (SSSR count). The van der Waals surface area contributed by atoms with Crippen LogP contribution in [0.2, 0.25) is 0 Å². The second-order valence-electron chi connectivity index (χ2n) is 6.70. The monoisotopic (exact) mass is 288 g/mol. The zero-order valence-corrected chi connectivity index (χ0v) is 12.9. The highest BCUT2D eigenvalue weighted by Crippen LogP contribution is 2.56. The molecule has 2 aliphatic rings. The van der Waals surface area contributed by atoms with Gasteiger partial charge in [-0.1, -0.05) is 43.7 Å². The Morgan fingerprint density at radius 1 is 1.29 bits per heavy atom. The SMILES string of the molecule is CC1=CC(C)[C@@]2(CO)COC(c3ccccc3O)[C@@H]1C2C. The molecule has 2 N–H and O–H groups in total. The number of ether oxygens (including phenoxy) is 1. The smallest absolute Gasteiger partial charge is 0.121 e. The third-order valence-electron chi connectivity index (χ3n) is 5.79. The van der Waals surface area contributed by atoms with Gasteiger partial charge in [0, 0.05) is 16.9 Å². The third kappa shape index (κ3) is 2.02. The standard InChI is InChI=1S/C18H24O3/c1-11-8-12(2)18(9-19)10-21-17(16(11)13(18)3)14-6-4-5-7-15(14)20/h4-8,12-13,16-17,19-20H,9-10H2,1-3H3/t12?,13?,16-,17?,18+/m0/s1. The fraction of sp³-hybridized carbons (Fsp3) is 0.556. The first kappa shape index (κ1) is 14.6. The number of allylic oxidation sites excluding steroid dienone is 1. The van der Waals surface area contributed by atoms with Crippen LogP contribution in [0.5, 0.6) is 5.75 Å². The maximum atomic E-state index is 10.2. The minimum absolute atomic E-state index is 0.135. The van der Waals surface area contributed by atoms with E-state index in [1.807, 2.05) is 18.2 Å². The molecule has 1 heterocycles. The van der Waals surface area contributed by atoms with E-state index < -0.39 is 0 Å². The van der Waals surface area contributed by atoms with Crippen molar-refractivity contribution in [2.75, 3.05) is 13.2 Å². The number of hydrogen-bond donors (Lipinski definition) is 2. The lowest BCUT2D eigenvalue weighted by Gasteiger charge is -2.55. The molecule has 0 amide bonds. The molecule has 5 atom stereocenters. The van der Waals surface area contributed by atoms with Gasteiger partial charge in [-0.05, 0) is 24.8 Å². The number of aromatic hydroxyl groups is 1. The molecule has 0 radical (unpaired) electrons. The van der Waals surface area contributed by atoms with Crippen molar-refractivity contribution in [1.29, 1.82) is 0 Å². The van der Waals surface area contributed by atoms with Crippen molar-refractivity contribution in [2.24, 2.45) is 23.2 Å². The predicted octanol–water partition coefficient (Wildman–Crippen LogP) is 3.29. The van der Waals surface area contributed by atoms with E-state index in [4.69, 9.17) is 4.74 Å². The highest BCUT2D eigenvalue weighted by atomic mass is 16.5. The van der Waals surface area contributed by atoms with Gasteiger partial charge < -0.3 is 14.9 Å². The van der Waals surface area contributed by atoms with Crippen LogP contribution in [0.25, 0.3) is 0 Å². The molecule has 1 saturated heterocycles. The van der Waals surface area contributed by atoms with Crippen LogP contribution in [0.1, 0.15) is 32.4 Å². The molecule has 21 heavy (non-hydrogen) atoms. The summed E-state index contributed by atoms with van der Waals surface area (Å²) in [5.41, 5.74) is 1.95. The van der Waals surface area contributed by atoms with E-state index in [1.165, 1.54) is 5.57 Å². The molecular formula is C18H24O3. The van der Waals surface area contributed by atoms with Gasteiger partial charge in [-0.15, -0.1) is 0 Å². The van der Waals surface area contributed by atoms with Crippen molar-refractivity contribution in [2.45, 2.75) is 26.9 Å². The number of phenols is 1. The Labute approximate surface area is 126 Å². The van der Waals surface area contributed by atoms with E-state index in [0.29, 0.717) is 18.4 Å². The van der Waals surface area contributed by atoms with Crippen molar-refractivity contribution < 1.29 is 14.9 Å². The van der Waals surface area contributed by atoms with Gasteiger partial charge in [0.15, 0.2) is 0 Å². The fourth-order valence-corrected chi connectivity index (χ4v) is 4.30. The summed E-state index contributed by atoms with van der Waals surface area (Å²) < 4.78 is 6.16. The van der Waals surface area contributed by atoms with Gasteiger partial charge in [-0.25, -0.2) is 0 Å². The summed E-state index contributed by atoms with van der Waals surface area (Å²) in [5, 5.41) is 20.1. The minimum atomic E-state index is -0.203. The van der Waals surface area contributed by atoms with Gasteiger partial charge in [-0.3, -0.25) is 0 Å². The van der Waals surface area contributed by atoms with E-state index in [9.17, 15) is 10.2 Å². The number of hydrogen-bond acceptors (Lipinski definition) is 3. The zero-order valence-electron chi connectivity index (χ0n) is 12.9. The topological polar surface area (TPSA) is 49.7 Å². The van der Waals surface area contributed by atoms with Crippen LogP contribution in [-0.4, -0.2) is 23.4 Å². The Morgan fingerprint density at radius 3 is 2.67 bits per heavy atom. The molecule has 1 fully saturated rings. The predicted molar refractivity (Wildman–Crippen MR) is 81.9 cm³/mol. The molecular weight excluding hydrogens is 264 g/mol. The summed E-state index contributed by atoms with van der Waals surface area (Å²) in [4.78, 5) is 0. The summed E-state index contributed by atoms with van der Waals surface area (Å²) >= 11 is 0. The molecule has 3 unspecified atom stereocenters. The quantitative estimate of drug-likeness (QED) is 0.821. The molecule has 114 valence electrons. The van der Waals surface area contributed by atoms with Crippen molar-refractivity contribution in [3.05, 3.63) is 41.5 Å². The highest BCUT2D eigenvalue weighted by Gasteiger charge is 2.53. The van der Waals surface area contributed by atoms with Crippen molar-refractivity contribution in [3.63, 3.8) is 0 Å².